The molecule has 4 nitrogen and oxygen atoms in total. The third-order valence-electron chi connectivity index (χ3n) is 2.88. The normalized spacial score (nSPS) is 36.0. The van der Waals surface area contributed by atoms with E-state index < -0.39 is 0 Å². The van der Waals surface area contributed by atoms with Crippen molar-refractivity contribution in [3.63, 3.8) is 0 Å². The van der Waals surface area contributed by atoms with Crippen LogP contribution < -0.4 is 5.32 Å². The van der Waals surface area contributed by atoms with Crippen molar-refractivity contribution in [2.75, 3.05) is 33.0 Å². The molecule has 68 valence electrons. The third-order valence-corrected chi connectivity index (χ3v) is 2.88. The molecular formula is C8H13NO3. The van der Waals surface area contributed by atoms with Gasteiger partial charge in [-0.25, -0.2) is 0 Å². The lowest BCUT2D eigenvalue weighted by atomic mass is 9.89. The maximum atomic E-state index is 5.64. The summed E-state index contributed by atoms with van der Waals surface area (Å²) in [5.41, 5.74) is 0.0457. The van der Waals surface area contributed by atoms with Gasteiger partial charge in [-0.15, -0.1) is 0 Å². The minimum absolute atomic E-state index is 0.165. The van der Waals surface area contributed by atoms with E-state index in [1.54, 1.807) is 0 Å². The molecule has 0 aliphatic carbocycles. The first-order chi connectivity index (χ1) is 5.83. The standard InChI is InChI=1S/C8H13NO3/c1-2-12-8(5-11-6-8)9-7(1)3-10-4-7/h9H,1-6H2. The predicted octanol–water partition coefficient (Wildman–Crippen LogP) is -0.508. The molecule has 12 heavy (non-hydrogen) atoms. The fourth-order valence-corrected chi connectivity index (χ4v) is 2.03. The van der Waals surface area contributed by atoms with Crippen LogP contribution in [0.2, 0.25) is 0 Å². The first-order valence-corrected chi connectivity index (χ1v) is 4.42. The molecule has 0 amide bonds. The van der Waals surface area contributed by atoms with Gasteiger partial charge in [-0.05, 0) is 6.42 Å². The van der Waals surface area contributed by atoms with Crippen LogP contribution in [0.3, 0.4) is 0 Å². The molecule has 0 aromatic carbocycles. The van der Waals surface area contributed by atoms with Crippen LogP contribution in [-0.4, -0.2) is 44.3 Å². The second-order valence-electron chi connectivity index (χ2n) is 3.98. The van der Waals surface area contributed by atoms with Crippen molar-refractivity contribution in [3.8, 4) is 0 Å². The SMILES string of the molecule is C1CC2(COC2)NC2(COC2)O1. The minimum Gasteiger partial charge on any atom is -0.377 e. The number of ether oxygens (including phenoxy) is 3. The van der Waals surface area contributed by atoms with E-state index >= 15 is 0 Å². The van der Waals surface area contributed by atoms with E-state index in [0.29, 0.717) is 13.2 Å². The van der Waals surface area contributed by atoms with Crippen molar-refractivity contribution in [2.24, 2.45) is 0 Å². The molecule has 3 fully saturated rings. The first-order valence-electron chi connectivity index (χ1n) is 4.42. The van der Waals surface area contributed by atoms with E-state index in [2.05, 4.69) is 5.32 Å². The van der Waals surface area contributed by atoms with Gasteiger partial charge in [0.05, 0.1) is 38.6 Å². The van der Waals surface area contributed by atoms with Crippen molar-refractivity contribution >= 4 is 0 Å². The Morgan fingerprint density at radius 3 is 2.25 bits per heavy atom. The van der Waals surface area contributed by atoms with Gasteiger partial charge in [0.15, 0.2) is 5.72 Å². The Morgan fingerprint density at radius 2 is 1.75 bits per heavy atom. The van der Waals surface area contributed by atoms with Crippen LogP contribution in [0.4, 0.5) is 0 Å². The zero-order chi connectivity index (χ0) is 8.07. The van der Waals surface area contributed by atoms with Crippen LogP contribution in [0.25, 0.3) is 0 Å². The second kappa shape index (κ2) is 2.20. The molecule has 1 N–H and O–H groups in total. The van der Waals surface area contributed by atoms with Crippen molar-refractivity contribution in [2.45, 2.75) is 17.7 Å². The first kappa shape index (κ1) is 7.26. The van der Waals surface area contributed by atoms with Crippen LogP contribution in [0.1, 0.15) is 6.42 Å². The summed E-state index contributed by atoms with van der Waals surface area (Å²) < 4.78 is 16.0. The average molecular weight is 171 g/mol. The quantitative estimate of drug-likeness (QED) is 0.533. The van der Waals surface area contributed by atoms with Crippen LogP contribution in [-0.2, 0) is 14.2 Å². The summed E-state index contributed by atoms with van der Waals surface area (Å²) in [6, 6.07) is 0. The Labute approximate surface area is 71.2 Å². The molecule has 3 aliphatic heterocycles. The maximum absolute atomic E-state index is 5.64. The van der Waals surface area contributed by atoms with E-state index in [4.69, 9.17) is 14.2 Å². The van der Waals surface area contributed by atoms with Gasteiger partial charge in [0.1, 0.15) is 0 Å². The van der Waals surface area contributed by atoms with E-state index in [0.717, 1.165) is 26.2 Å². The number of nitrogens with one attached hydrogen (secondary N) is 1. The Balaban J connectivity index is 1.74. The van der Waals surface area contributed by atoms with Crippen LogP contribution in [0, 0.1) is 0 Å². The van der Waals surface area contributed by atoms with Gasteiger partial charge in [-0.3, -0.25) is 5.32 Å². The molecule has 4 heteroatoms. The van der Waals surface area contributed by atoms with Gasteiger partial charge in [0.2, 0.25) is 0 Å². The lowest BCUT2D eigenvalue weighted by molar-refractivity contribution is -0.280. The van der Waals surface area contributed by atoms with E-state index in [1.165, 1.54) is 0 Å². The van der Waals surface area contributed by atoms with Crippen molar-refractivity contribution in [1.82, 2.24) is 5.32 Å². The molecule has 0 unspecified atom stereocenters. The summed E-state index contributed by atoms with van der Waals surface area (Å²) in [6.07, 6.45) is 1.06. The zero-order valence-electron chi connectivity index (χ0n) is 6.97. The Bertz CT molecular complexity index is 178. The molecule has 3 rings (SSSR count). The van der Waals surface area contributed by atoms with Crippen LogP contribution >= 0.6 is 0 Å². The molecule has 0 aromatic heterocycles. The molecule has 3 saturated heterocycles. The lowest BCUT2D eigenvalue weighted by Crippen LogP contribution is -2.77. The number of hydrogen-bond donors (Lipinski definition) is 1. The summed E-state index contributed by atoms with van der Waals surface area (Å²) >= 11 is 0. The predicted molar refractivity (Wildman–Crippen MR) is 40.8 cm³/mol. The average Bonchev–Trinajstić information content (AvgIpc) is 1.99. The number of rotatable bonds is 0. The third kappa shape index (κ3) is 0.864. The van der Waals surface area contributed by atoms with Crippen molar-refractivity contribution in [1.29, 1.82) is 0 Å². The Morgan fingerprint density at radius 1 is 1.00 bits per heavy atom. The molecule has 3 heterocycles. The van der Waals surface area contributed by atoms with Crippen LogP contribution in [0.15, 0.2) is 0 Å². The molecule has 0 aromatic rings. The minimum atomic E-state index is -0.165. The van der Waals surface area contributed by atoms with Crippen molar-refractivity contribution in [3.05, 3.63) is 0 Å². The topological polar surface area (TPSA) is 39.7 Å². The highest BCUT2D eigenvalue weighted by Crippen LogP contribution is 2.33. The second-order valence-corrected chi connectivity index (χ2v) is 3.98. The maximum Gasteiger partial charge on any atom is 0.166 e. The lowest BCUT2D eigenvalue weighted by Gasteiger charge is -2.55. The van der Waals surface area contributed by atoms with Gasteiger partial charge in [0.25, 0.3) is 0 Å². The van der Waals surface area contributed by atoms with Gasteiger partial charge in [-0.1, -0.05) is 0 Å². The van der Waals surface area contributed by atoms with Gasteiger partial charge in [-0.2, -0.15) is 0 Å². The summed E-state index contributed by atoms with van der Waals surface area (Å²) in [5.74, 6) is 0. The highest BCUT2D eigenvalue weighted by atomic mass is 16.6. The fourth-order valence-electron chi connectivity index (χ4n) is 2.03. The largest absolute Gasteiger partial charge is 0.377 e. The molecule has 0 radical (unpaired) electrons. The van der Waals surface area contributed by atoms with Gasteiger partial charge < -0.3 is 14.2 Å². The zero-order valence-corrected chi connectivity index (χ0v) is 6.97. The Kier molecular flexibility index (Phi) is 1.33. The summed E-state index contributed by atoms with van der Waals surface area (Å²) in [6.45, 7) is 3.87. The fraction of sp³-hybridized carbons (Fsp3) is 1.00. The molecule has 3 aliphatic rings. The van der Waals surface area contributed by atoms with E-state index in [1.807, 2.05) is 0 Å². The molecule has 0 bridgehead atoms. The smallest absolute Gasteiger partial charge is 0.166 e. The molecule has 0 saturated carbocycles. The molecular weight excluding hydrogens is 158 g/mol. The summed E-state index contributed by atoms with van der Waals surface area (Å²) in [7, 11) is 0. The monoisotopic (exact) mass is 171 g/mol. The van der Waals surface area contributed by atoms with Gasteiger partial charge >= 0.3 is 0 Å². The Hall–Kier alpha value is -0.160. The van der Waals surface area contributed by atoms with E-state index in [9.17, 15) is 0 Å². The molecule has 2 spiro atoms. The van der Waals surface area contributed by atoms with Gasteiger partial charge in [0, 0.05) is 0 Å². The highest BCUT2D eigenvalue weighted by Gasteiger charge is 2.52. The highest BCUT2D eigenvalue weighted by molar-refractivity contribution is 5.04. The number of hydrogen-bond acceptors (Lipinski definition) is 4. The van der Waals surface area contributed by atoms with E-state index in [-0.39, 0.29) is 11.3 Å². The van der Waals surface area contributed by atoms with Crippen LogP contribution in [0.5, 0.6) is 0 Å². The molecule has 0 atom stereocenters. The van der Waals surface area contributed by atoms with Crippen molar-refractivity contribution < 1.29 is 14.2 Å². The summed E-state index contributed by atoms with van der Waals surface area (Å²) in [5, 5.41) is 3.51. The summed E-state index contributed by atoms with van der Waals surface area (Å²) in [4.78, 5) is 0.